The largest absolute Gasteiger partial charge is 0.478 e. The maximum atomic E-state index is 5.63. The van der Waals surface area contributed by atoms with Gasteiger partial charge >= 0.3 is 0 Å². The first-order chi connectivity index (χ1) is 6.16. The van der Waals surface area contributed by atoms with Crippen LogP contribution in [0.2, 0.25) is 5.15 Å². The highest BCUT2D eigenvalue weighted by molar-refractivity contribution is 6.30. The van der Waals surface area contributed by atoms with Gasteiger partial charge in [-0.1, -0.05) is 25.4 Å². The first-order valence-corrected chi connectivity index (χ1v) is 4.37. The van der Waals surface area contributed by atoms with Crippen molar-refractivity contribution in [1.29, 1.82) is 0 Å². The topological polar surface area (TPSA) is 61.0 Å². The van der Waals surface area contributed by atoms with E-state index in [0.29, 0.717) is 22.3 Å². The Kier molecular flexibility index (Phi) is 5.14. The van der Waals surface area contributed by atoms with Crippen molar-refractivity contribution in [2.45, 2.75) is 20.8 Å². The van der Waals surface area contributed by atoms with Crippen LogP contribution in [0.3, 0.4) is 0 Å². The Morgan fingerprint density at radius 2 is 1.85 bits per heavy atom. The summed E-state index contributed by atoms with van der Waals surface area (Å²) in [6.07, 6.45) is 0. The summed E-state index contributed by atoms with van der Waals surface area (Å²) >= 11 is 5.63. The molecule has 1 rings (SSSR count). The molecule has 0 spiro atoms. The van der Waals surface area contributed by atoms with Gasteiger partial charge < -0.3 is 10.5 Å². The summed E-state index contributed by atoms with van der Waals surface area (Å²) in [5.41, 5.74) is 6.71. The predicted molar refractivity (Wildman–Crippen MR) is 54.1 cm³/mol. The molecule has 4 nitrogen and oxygen atoms in total. The lowest BCUT2D eigenvalue weighted by atomic mass is 10.3. The first-order valence-electron chi connectivity index (χ1n) is 3.99. The number of ether oxygens (including phenoxy) is 1. The van der Waals surface area contributed by atoms with Gasteiger partial charge in [0, 0.05) is 5.56 Å². The van der Waals surface area contributed by atoms with Crippen LogP contribution < -0.4 is 10.5 Å². The van der Waals surface area contributed by atoms with Crippen LogP contribution in [0.25, 0.3) is 0 Å². The molecule has 0 radical (unpaired) electrons. The fourth-order valence-corrected chi connectivity index (χ4v) is 0.780. The summed E-state index contributed by atoms with van der Waals surface area (Å²) in [6, 6.07) is 0. The zero-order chi connectivity index (χ0) is 10.4. The van der Waals surface area contributed by atoms with Gasteiger partial charge in [-0.3, -0.25) is 0 Å². The highest BCUT2D eigenvalue weighted by atomic mass is 35.5. The molecule has 0 fully saturated rings. The van der Waals surface area contributed by atoms with Crippen molar-refractivity contribution in [3.05, 3.63) is 10.7 Å². The van der Waals surface area contributed by atoms with Gasteiger partial charge in [0.1, 0.15) is 5.69 Å². The Balaban J connectivity index is 0.000000671. The van der Waals surface area contributed by atoms with Crippen molar-refractivity contribution in [2.75, 3.05) is 12.8 Å². The van der Waals surface area contributed by atoms with E-state index in [1.807, 2.05) is 13.8 Å². The predicted octanol–water partition coefficient (Wildman–Crippen LogP) is 2.06. The number of nitrogens with zero attached hydrogens (tertiary/aromatic N) is 2. The molecule has 0 bridgehead atoms. The lowest BCUT2D eigenvalue weighted by Crippen LogP contribution is -2.00. The molecular weight excluding hydrogens is 190 g/mol. The first kappa shape index (κ1) is 12.0. The van der Waals surface area contributed by atoms with E-state index < -0.39 is 0 Å². The molecule has 0 amide bonds. The Bertz CT molecular complexity index is 278. The van der Waals surface area contributed by atoms with Crippen LogP contribution in [0.4, 0.5) is 5.69 Å². The Morgan fingerprint density at radius 3 is 2.31 bits per heavy atom. The third-order valence-electron chi connectivity index (χ3n) is 1.37. The van der Waals surface area contributed by atoms with E-state index in [-0.39, 0.29) is 0 Å². The number of anilines is 1. The Morgan fingerprint density at radius 1 is 1.31 bits per heavy atom. The van der Waals surface area contributed by atoms with E-state index in [9.17, 15) is 0 Å². The van der Waals surface area contributed by atoms with Crippen molar-refractivity contribution < 1.29 is 4.74 Å². The second kappa shape index (κ2) is 5.59. The average Bonchev–Trinajstić information content (AvgIpc) is 2.18. The number of hydrogen-bond donors (Lipinski definition) is 1. The van der Waals surface area contributed by atoms with Gasteiger partial charge in [-0.2, -0.15) is 0 Å². The van der Waals surface area contributed by atoms with Crippen LogP contribution in [0.5, 0.6) is 5.88 Å². The number of nitrogens with two attached hydrogens (primary N) is 1. The second-order valence-electron chi connectivity index (χ2n) is 2.04. The van der Waals surface area contributed by atoms with E-state index in [1.165, 1.54) is 7.11 Å². The molecular formula is C8H14ClN3O. The van der Waals surface area contributed by atoms with Gasteiger partial charge in [0.05, 0.1) is 7.11 Å². The summed E-state index contributed by atoms with van der Waals surface area (Å²) in [4.78, 5) is 0. The molecule has 0 atom stereocenters. The highest BCUT2D eigenvalue weighted by Gasteiger charge is 2.07. The van der Waals surface area contributed by atoms with Gasteiger partial charge in [-0.25, -0.2) is 0 Å². The average molecular weight is 204 g/mol. The molecule has 1 aromatic heterocycles. The summed E-state index contributed by atoms with van der Waals surface area (Å²) in [5.74, 6) is 0.312. The molecule has 1 aromatic rings. The van der Waals surface area contributed by atoms with E-state index >= 15 is 0 Å². The van der Waals surface area contributed by atoms with Crippen molar-refractivity contribution in [3.63, 3.8) is 0 Å². The zero-order valence-electron chi connectivity index (χ0n) is 8.26. The van der Waals surface area contributed by atoms with Crippen LogP contribution in [0.1, 0.15) is 19.4 Å². The Labute approximate surface area is 83.1 Å². The van der Waals surface area contributed by atoms with Gasteiger partial charge in [0.15, 0.2) is 5.15 Å². The lowest BCUT2D eigenvalue weighted by Gasteiger charge is -2.04. The normalized spacial score (nSPS) is 8.69. The van der Waals surface area contributed by atoms with Gasteiger partial charge in [-0.05, 0) is 6.92 Å². The van der Waals surface area contributed by atoms with Crippen LogP contribution in [0, 0.1) is 6.92 Å². The molecule has 0 aliphatic carbocycles. The monoisotopic (exact) mass is 203 g/mol. The third kappa shape index (κ3) is 2.73. The molecule has 0 aromatic carbocycles. The number of rotatable bonds is 1. The van der Waals surface area contributed by atoms with E-state index in [1.54, 1.807) is 6.92 Å². The highest BCUT2D eigenvalue weighted by Crippen LogP contribution is 2.24. The molecule has 0 saturated carbocycles. The third-order valence-corrected chi connectivity index (χ3v) is 1.72. The molecule has 1 heterocycles. The molecule has 5 heteroatoms. The molecule has 0 saturated heterocycles. The van der Waals surface area contributed by atoms with Crippen LogP contribution in [-0.4, -0.2) is 17.3 Å². The van der Waals surface area contributed by atoms with E-state index in [2.05, 4.69) is 10.2 Å². The van der Waals surface area contributed by atoms with Crippen LogP contribution in [-0.2, 0) is 0 Å². The number of halogens is 1. The number of aromatic nitrogens is 2. The standard InChI is InChI=1S/C6H8ClN3O.C2H6/c1-3-4(8)6(11-2)10-9-5(3)7;1-2/h1-2H3,(H2,8,9);1-2H3. The maximum Gasteiger partial charge on any atom is 0.256 e. The molecule has 2 N–H and O–H groups in total. The smallest absolute Gasteiger partial charge is 0.256 e. The van der Waals surface area contributed by atoms with Crippen LogP contribution >= 0.6 is 11.6 Å². The Hall–Kier alpha value is -1.03. The van der Waals surface area contributed by atoms with E-state index in [0.717, 1.165) is 0 Å². The van der Waals surface area contributed by atoms with Gasteiger partial charge in [0.2, 0.25) is 0 Å². The summed E-state index contributed by atoms with van der Waals surface area (Å²) < 4.78 is 4.82. The fourth-order valence-electron chi connectivity index (χ4n) is 0.640. The summed E-state index contributed by atoms with van der Waals surface area (Å²) in [6.45, 7) is 5.76. The number of hydrogen-bond acceptors (Lipinski definition) is 4. The van der Waals surface area contributed by atoms with Gasteiger partial charge in [0.25, 0.3) is 5.88 Å². The SMILES string of the molecule is CC.COc1nnc(Cl)c(C)c1N. The molecule has 0 aliphatic heterocycles. The lowest BCUT2D eigenvalue weighted by molar-refractivity contribution is 0.394. The summed E-state index contributed by atoms with van der Waals surface area (Å²) in [7, 11) is 1.48. The zero-order valence-corrected chi connectivity index (χ0v) is 9.01. The minimum absolute atomic E-state index is 0.309. The minimum atomic E-state index is 0.309. The molecule has 0 unspecified atom stereocenters. The van der Waals surface area contributed by atoms with Crippen molar-refractivity contribution in [1.82, 2.24) is 10.2 Å². The molecule has 13 heavy (non-hydrogen) atoms. The second-order valence-corrected chi connectivity index (χ2v) is 2.40. The maximum absolute atomic E-state index is 5.63. The number of methoxy groups -OCH3 is 1. The van der Waals surface area contributed by atoms with Gasteiger partial charge in [-0.15, -0.1) is 10.2 Å². The van der Waals surface area contributed by atoms with Crippen molar-refractivity contribution in [2.24, 2.45) is 0 Å². The minimum Gasteiger partial charge on any atom is -0.478 e. The van der Waals surface area contributed by atoms with E-state index in [4.69, 9.17) is 22.1 Å². The van der Waals surface area contributed by atoms with Crippen LogP contribution in [0.15, 0.2) is 0 Å². The molecule has 0 aliphatic rings. The fraction of sp³-hybridized carbons (Fsp3) is 0.500. The quantitative estimate of drug-likeness (QED) is 0.759. The van der Waals surface area contributed by atoms with Crippen molar-refractivity contribution in [3.8, 4) is 5.88 Å². The van der Waals surface area contributed by atoms with Crippen molar-refractivity contribution >= 4 is 17.3 Å². The summed E-state index contributed by atoms with van der Waals surface area (Å²) in [5, 5.41) is 7.56. The number of nitrogen functional groups attached to an aromatic ring is 1. The molecule has 74 valence electrons.